The van der Waals surface area contributed by atoms with E-state index in [2.05, 4.69) is 51.4 Å². The van der Waals surface area contributed by atoms with Gasteiger partial charge in [0.05, 0.1) is 16.7 Å². The molecular formula is C32H32N8O. The molecule has 0 amide bonds. The molecule has 0 saturated carbocycles. The van der Waals surface area contributed by atoms with Crippen molar-refractivity contribution in [1.82, 2.24) is 28.8 Å². The van der Waals surface area contributed by atoms with Gasteiger partial charge in [0.25, 0.3) is 5.56 Å². The third kappa shape index (κ3) is 4.38. The monoisotopic (exact) mass is 544 g/mol. The first-order chi connectivity index (χ1) is 20.0. The first-order valence-corrected chi connectivity index (χ1v) is 14.0. The summed E-state index contributed by atoms with van der Waals surface area (Å²) in [5.41, 5.74) is 6.92. The first-order valence-electron chi connectivity index (χ1n) is 14.0. The van der Waals surface area contributed by atoms with Crippen LogP contribution in [0.1, 0.15) is 17.5 Å². The topological polar surface area (TPSA) is 83.6 Å². The predicted molar refractivity (Wildman–Crippen MR) is 165 cm³/mol. The Bertz CT molecular complexity index is 1950. The van der Waals surface area contributed by atoms with E-state index in [-0.39, 0.29) is 5.56 Å². The molecule has 1 aliphatic rings. The Morgan fingerprint density at radius 3 is 2.41 bits per heavy atom. The van der Waals surface area contributed by atoms with Crippen LogP contribution in [0.25, 0.3) is 33.5 Å². The van der Waals surface area contributed by atoms with Crippen LogP contribution in [0.4, 0.5) is 17.3 Å². The second-order valence-electron chi connectivity index (χ2n) is 10.9. The largest absolute Gasteiger partial charge is 0.370 e. The third-order valence-electron chi connectivity index (χ3n) is 8.03. The van der Waals surface area contributed by atoms with Crippen LogP contribution in [0.2, 0.25) is 0 Å². The number of para-hydroxylation sites is 3. The fourth-order valence-electron chi connectivity index (χ4n) is 5.89. The van der Waals surface area contributed by atoms with Crippen LogP contribution in [0, 0.1) is 13.8 Å². The second kappa shape index (κ2) is 10.0. The molecule has 1 saturated heterocycles. The molecule has 1 aliphatic heterocycles. The Hall–Kier alpha value is -4.76. The zero-order chi connectivity index (χ0) is 28.1. The molecule has 4 heterocycles. The zero-order valence-electron chi connectivity index (χ0n) is 23.5. The number of hydrogen-bond acceptors (Lipinski definition) is 7. The number of benzene rings is 3. The number of rotatable bonds is 4. The summed E-state index contributed by atoms with van der Waals surface area (Å²) in [5.74, 6) is 0.947. The fourth-order valence-corrected chi connectivity index (χ4v) is 5.89. The molecule has 0 spiro atoms. The van der Waals surface area contributed by atoms with E-state index in [0.717, 1.165) is 66.1 Å². The second-order valence-corrected chi connectivity index (χ2v) is 10.9. The molecule has 3 aromatic carbocycles. The summed E-state index contributed by atoms with van der Waals surface area (Å²) in [7, 11) is 2.18. The van der Waals surface area contributed by atoms with Crippen LogP contribution in [-0.2, 0) is 0 Å². The van der Waals surface area contributed by atoms with Crippen molar-refractivity contribution in [3.63, 3.8) is 0 Å². The smallest absolute Gasteiger partial charge is 0.270 e. The van der Waals surface area contributed by atoms with Crippen LogP contribution in [0.15, 0.2) is 77.7 Å². The fraction of sp³-hybridized carbons (Fsp3) is 0.250. The van der Waals surface area contributed by atoms with Crippen molar-refractivity contribution >= 4 is 45.2 Å². The predicted octanol–water partition coefficient (Wildman–Crippen LogP) is 5.08. The van der Waals surface area contributed by atoms with Gasteiger partial charge in [-0.1, -0.05) is 30.3 Å². The highest BCUT2D eigenvalue weighted by molar-refractivity contribution is 5.88. The van der Waals surface area contributed by atoms with Gasteiger partial charge in [0.15, 0.2) is 5.65 Å². The van der Waals surface area contributed by atoms with Gasteiger partial charge in [0.2, 0.25) is 11.7 Å². The average Bonchev–Trinajstić information content (AvgIpc) is 3.22. The Morgan fingerprint density at radius 2 is 1.61 bits per heavy atom. The summed E-state index contributed by atoms with van der Waals surface area (Å²) < 4.78 is 3.66. The highest BCUT2D eigenvalue weighted by Crippen LogP contribution is 2.26. The minimum absolute atomic E-state index is 0.195. The summed E-state index contributed by atoms with van der Waals surface area (Å²) >= 11 is 0. The Labute approximate surface area is 237 Å². The SMILES string of the molecule is Cc1cccc(C)c1-n1c(=O)c2cnc(Nc3ccc(N4CCCN(C)CC4)cc3)nc2n2c3ccccc3nc12. The van der Waals surface area contributed by atoms with Gasteiger partial charge in [-0.25, -0.2) is 14.5 Å². The van der Waals surface area contributed by atoms with E-state index < -0.39 is 0 Å². The molecule has 3 aromatic heterocycles. The van der Waals surface area contributed by atoms with Crippen LogP contribution in [0.5, 0.6) is 0 Å². The van der Waals surface area contributed by atoms with Gasteiger partial charge in [-0.05, 0) is 81.4 Å². The number of hydrogen-bond donors (Lipinski definition) is 1. The van der Waals surface area contributed by atoms with Crippen molar-refractivity contribution in [2.24, 2.45) is 0 Å². The van der Waals surface area contributed by atoms with Gasteiger partial charge in [-0.3, -0.25) is 9.20 Å². The standard InChI is InChI=1S/C32H32N8O/c1-21-8-6-9-22(2)28(21)40-30(41)25-20-33-31(36-29(25)39-27-11-5-4-10-26(27)35-32(39)40)34-23-12-14-24(15-13-23)38-17-7-16-37(3)18-19-38/h4-6,8-15,20H,7,16-19H2,1-3H3,(H,33,34,36). The van der Waals surface area contributed by atoms with Crippen LogP contribution in [0.3, 0.4) is 0 Å². The zero-order valence-corrected chi connectivity index (χ0v) is 23.5. The van der Waals surface area contributed by atoms with Gasteiger partial charge in [0.1, 0.15) is 5.39 Å². The van der Waals surface area contributed by atoms with E-state index in [0.29, 0.717) is 22.8 Å². The first kappa shape index (κ1) is 25.2. The van der Waals surface area contributed by atoms with E-state index in [1.54, 1.807) is 10.8 Å². The quantitative estimate of drug-likeness (QED) is 0.331. The number of likely N-dealkylation sites (N-methyl/N-ethyl adjacent to an activating group) is 1. The Morgan fingerprint density at radius 1 is 0.829 bits per heavy atom. The molecule has 9 nitrogen and oxygen atoms in total. The molecule has 0 bridgehead atoms. The summed E-state index contributed by atoms with van der Waals surface area (Å²) in [4.78, 5) is 33.2. The van der Waals surface area contributed by atoms with E-state index in [1.165, 1.54) is 5.69 Å². The highest BCUT2D eigenvalue weighted by Gasteiger charge is 2.21. The molecule has 6 aromatic rings. The Kier molecular flexibility index (Phi) is 6.16. The van der Waals surface area contributed by atoms with Crippen molar-refractivity contribution in [3.05, 3.63) is 94.4 Å². The maximum Gasteiger partial charge on any atom is 0.270 e. The van der Waals surface area contributed by atoms with Crippen LogP contribution < -0.4 is 15.8 Å². The third-order valence-corrected chi connectivity index (χ3v) is 8.03. The van der Waals surface area contributed by atoms with Gasteiger partial charge < -0.3 is 15.1 Å². The lowest BCUT2D eigenvalue weighted by atomic mass is 10.1. The minimum atomic E-state index is -0.195. The Balaban J connectivity index is 1.33. The molecule has 0 aliphatic carbocycles. The number of imidazole rings is 1. The van der Waals surface area contributed by atoms with Gasteiger partial charge in [0, 0.05) is 37.2 Å². The average molecular weight is 545 g/mol. The lowest BCUT2D eigenvalue weighted by Gasteiger charge is -2.23. The van der Waals surface area contributed by atoms with Crippen molar-refractivity contribution in [3.8, 4) is 5.69 Å². The molecule has 9 heteroatoms. The van der Waals surface area contributed by atoms with Crippen LogP contribution in [-0.4, -0.2) is 62.0 Å². The van der Waals surface area contributed by atoms with Gasteiger partial charge in [-0.15, -0.1) is 0 Å². The number of fused-ring (bicyclic) bond motifs is 5. The number of anilines is 3. The van der Waals surface area contributed by atoms with Crippen molar-refractivity contribution in [1.29, 1.82) is 0 Å². The maximum absolute atomic E-state index is 14.0. The summed E-state index contributed by atoms with van der Waals surface area (Å²) in [6, 6.07) is 22.3. The highest BCUT2D eigenvalue weighted by atomic mass is 16.1. The number of nitrogens with one attached hydrogen (secondary N) is 1. The van der Waals surface area contributed by atoms with Gasteiger partial charge >= 0.3 is 0 Å². The molecule has 0 unspecified atom stereocenters. The minimum Gasteiger partial charge on any atom is -0.370 e. The number of aryl methyl sites for hydroxylation is 2. The summed E-state index contributed by atoms with van der Waals surface area (Å²) in [6.45, 7) is 8.29. The van der Waals surface area contributed by atoms with E-state index in [9.17, 15) is 4.79 Å². The molecule has 206 valence electrons. The van der Waals surface area contributed by atoms with Crippen molar-refractivity contribution in [2.45, 2.75) is 20.3 Å². The molecule has 41 heavy (non-hydrogen) atoms. The van der Waals surface area contributed by atoms with Crippen molar-refractivity contribution in [2.75, 3.05) is 43.4 Å². The lowest BCUT2D eigenvalue weighted by Crippen LogP contribution is -2.28. The molecular weight excluding hydrogens is 512 g/mol. The van der Waals surface area contributed by atoms with E-state index in [1.807, 2.05) is 60.7 Å². The molecule has 7 rings (SSSR count). The maximum atomic E-state index is 14.0. The van der Waals surface area contributed by atoms with E-state index in [4.69, 9.17) is 9.97 Å². The molecule has 0 radical (unpaired) electrons. The lowest BCUT2D eigenvalue weighted by molar-refractivity contribution is 0.360. The molecule has 1 fully saturated rings. The normalized spacial score (nSPS) is 14.7. The molecule has 0 atom stereocenters. The van der Waals surface area contributed by atoms with Gasteiger partial charge in [-0.2, -0.15) is 4.98 Å². The summed E-state index contributed by atoms with van der Waals surface area (Å²) in [6.07, 6.45) is 2.78. The molecule has 1 N–H and O–H groups in total. The summed E-state index contributed by atoms with van der Waals surface area (Å²) in [5, 5.41) is 3.77. The van der Waals surface area contributed by atoms with Crippen LogP contribution >= 0.6 is 0 Å². The van der Waals surface area contributed by atoms with E-state index >= 15 is 0 Å². The number of nitrogens with zero attached hydrogens (tertiary/aromatic N) is 7. The van der Waals surface area contributed by atoms with Crippen molar-refractivity contribution < 1.29 is 0 Å². The number of aromatic nitrogens is 5.